The SMILES string of the molecule is CC(=O)NC(C)(C)c1ccc(Oc2nc3nc(-c4ccc(C(C)O)cc4)c(Cl)cc3[nH]2)cc1. The Morgan fingerprint density at radius 3 is 2.39 bits per heavy atom. The van der Waals surface area contributed by atoms with Gasteiger partial charge in [-0.15, -0.1) is 0 Å². The molecule has 0 aliphatic heterocycles. The summed E-state index contributed by atoms with van der Waals surface area (Å²) in [7, 11) is 0. The summed E-state index contributed by atoms with van der Waals surface area (Å²) in [6.07, 6.45) is -0.540. The van der Waals surface area contributed by atoms with Gasteiger partial charge in [0, 0.05) is 12.5 Å². The van der Waals surface area contributed by atoms with Gasteiger partial charge in [0.25, 0.3) is 0 Å². The summed E-state index contributed by atoms with van der Waals surface area (Å²) >= 11 is 6.48. The highest BCUT2D eigenvalue weighted by molar-refractivity contribution is 6.33. The third-order valence-electron chi connectivity index (χ3n) is 5.35. The molecule has 0 spiro atoms. The summed E-state index contributed by atoms with van der Waals surface area (Å²) in [5.74, 6) is 0.503. The van der Waals surface area contributed by atoms with E-state index < -0.39 is 11.6 Å². The van der Waals surface area contributed by atoms with Crippen molar-refractivity contribution in [1.29, 1.82) is 0 Å². The van der Waals surface area contributed by atoms with Crippen LogP contribution in [0.5, 0.6) is 11.8 Å². The molecule has 7 nitrogen and oxygen atoms in total. The van der Waals surface area contributed by atoms with Crippen molar-refractivity contribution in [1.82, 2.24) is 20.3 Å². The Balaban J connectivity index is 1.57. The molecule has 0 saturated heterocycles. The second kappa shape index (κ2) is 8.84. The summed E-state index contributed by atoms with van der Waals surface area (Å²) < 4.78 is 5.87. The van der Waals surface area contributed by atoms with E-state index in [-0.39, 0.29) is 5.91 Å². The number of nitrogens with zero attached hydrogens (tertiary/aromatic N) is 2. The molecule has 0 saturated carbocycles. The molecular weight excluding hydrogens is 440 g/mol. The lowest BCUT2D eigenvalue weighted by Gasteiger charge is -2.26. The van der Waals surface area contributed by atoms with Crippen LogP contribution in [-0.2, 0) is 10.3 Å². The molecule has 1 atom stereocenters. The molecule has 0 radical (unpaired) electrons. The maximum absolute atomic E-state index is 11.4. The number of amides is 1. The molecule has 3 N–H and O–H groups in total. The maximum Gasteiger partial charge on any atom is 0.301 e. The van der Waals surface area contributed by atoms with E-state index in [1.807, 2.05) is 62.4 Å². The van der Waals surface area contributed by atoms with Crippen LogP contribution in [0.1, 0.15) is 44.9 Å². The predicted molar refractivity (Wildman–Crippen MR) is 128 cm³/mol. The lowest BCUT2D eigenvalue weighted by atomic mass is 9.94. The van der Waals surface area contributed by atoms with Crippen LogP contribution >= 0.6 is 11.6 Å². The van der Waals surface area contributed by atoms with Crippen molar-refractivity contribution in [3.05, 3.63) is 70.7 Å². The van der Waals surface area contributed by atoms with E-state index in [4.69, 9.17) is 16.3 Å². The number of aromatic amines is 1. The number of pyridine rings is 1. The molecule has 4 aromatic rings. The number of ether oxygens (including phenoxy) is 1. The van der Waals surface area contributed by atoms with Gasteiger partial charge in [0.2, 0.25) is 5.91 Å². The number of imidazole rings is 1. The number of carbonyl (C=O) groups is 1. The lowest BCUT2D eigenvalue weighted by molar-refractivity contribution is -0.120. The number of aliphatic hydroxyl groups excluding tert-OH is 1. The van der Waals surface area contributed by atoms with Gasteiger partial charge in [0.1, 0.15) is 5.75 Å². The molecule has 1 unspecified atom stereocenters. The van der Waals surface area contributed by atoms with Crippen molar-refractivity contribution in [2.75, 3.05) is 0 Å². The van der Waals surface area contributed by atoms with Gasteiger partial charge in [-0.05, 0) is 50.1 Å². The number of aliphatic hydroxyl groups is 1. The van der Waals surface area contributed by atoms with Gasteiger partial charge in [0.05, 0.1) is 27.9 Å². The van der Waals surface area contributed by atoms with Crippen molar-refractivity contribution in [2.45, 2.75) is 39.3 Å². The predicted octanol–water partition coefficient (Wildman–Crippen LogP) is 5.50. The third-order valence-corrected chi connectivity index (χ3v) is 5.64. The van der Waals surface area contributed by atoms with Crippen LogP contribution in [0.2, 0.25) is 5.02 Å². The highest BCUT2D eigenvalue weighted by atomic mass is 35.5. The van der Waals surface area contributed by atoms with E-state index in [2.05, 4.69) is 20.3 Å². The van der Waals surface area contributed by atoms with Crippen molar-refractivity contribution in [2.24, 2.45) is 0 Å². The van der Waals surface area contributed by atoms with Gasteiger partial charge in [-0.25, -0.2) is 4.98 Å². The number of carbonyl (C=O) groups excluding carboxylic acids is 1. The number of halogens is 1. The molecule has 170 valence electrons. The Labute approximate surface area is 196 Å². The Bertz CT molecular complexity index is 1300. The third kappa shape index (κ3) is 4.99. The van der Waals surface area contributed by atoms with E-state index in [9.17, 15) is 9.90 Å². The average molecular weight is 465 g/mol. The van der Waals surface area contributed by atoms with Crippen LogP contribution in [-0.4, -0.2) is 26.0 Å². The zero-order valence-corrected chi connectivity index (χ0v) is 19.6. The van der Waals surface area contributed by atoms with Crippen LogP contribution in [0.3, 0.4) is 0 Å². The van der Waals surface area contributed by atoms with Gasteiger partial charge >= 0.3 is 6.01 Å². The quantitative estimate of drug-likeness (QED) is 0.350. The first kappa shape index (κ1) is 22.8. The van der Waals surface area contributed by atoms with Gasteiger partial charge in [-0.2, -0.15) is 4.98 Å². The molecule has 8 heteroatoms. The Hall–Kier alpha value is -3.42. The minimum absolute atomic E-state index is 0.0907. The fourth-order valence-corrected chi connectivity index (χ4v) is 3.89. The van der Waals surface area contributed by atoms with Crippen LogP contribution in [0.15, 0.2) is 54.6 Å². The van der Waals surface area contributed by atoms with Crippen molar-refractivity contribution in [3.63, 3.8) is 0 Å². The molecule has 0 aliphatic carbocycles. The zero-order valence-electron chi connectivity index (χ0n) is 18.8. The van der Waals surface area contributed by atoms with Gasteiger partial charge < -0.3 is 20.1 Å². The lowest BCUT2D eigenvalue weighted by Crippen LogP contribution is -2.39. The highest BCUT2D eigenvalue weighted by Gasteiger charge is 2.21. The topological polar surface area (TPSA) is 100 Å². The van der Waals surface area contributed by atoms with Crippen LogP contribution < -0.4 is 10.1 Å². The number of hydrogen-bond donors (Lipinski definition) is 3. The Kier molecular flexibility index (Phi) is 6.10. The summed E-state index contributed by atoms with van der Waals surface area (Å²) in [6.45, 7) is 7.09. The van der Waals surface area contributed by atoms with Crippen molar-refractivity contribution in [3.8, 4) is 23.0 Å². The second-order valence-electron chi connectivity index (χ2n) is 8.46. The number of hydrogen-bond acceptors (Lipinski definition) is 5. The van der Waals surface area contributed by atoms with E-state index in [1.165, 1.54) is 6.92 Å². The van der Waals surface area contributed by atoms with Crippen molar-refractivity contribution < 1.29 is 14.6 Å². The van der Waals surface area contributed by atoms with Crippen LogP contribution in [0.25, 0.3) is 22.4 Å². The Morgan fingerprint density at radius 2 is 1.79 bits per heavy atom. The Morgan fingerprint density at radius 1 is 1.12 bits per heavy atom. The normalized spacial score (nSPS) is 12.5. The molecule has 0 bridgehead atoms. The highest BCUT2D eigenvalue weighted by Crippen LogP contribution is 2.31. The number of rotatable bonds is 6. The average Bonchev–Trinajstić information content (AvgIpc) is 3.13. The number of aromatic nitrogens is 3. The first-order chi connectivity index (χ1) is 15.6. The van der Waals surface area contributed by atoms with E-state index >= 15 is 0 Å². The maximum atomic E-state index is 11.4. The smallest absolute Gasteiger partial charge is 0.301 e. The molecule has 2 heterocycles. The van der Waals surface area contributed by atoms with Gasteiger partial charge in [-0.3, -0.25) is 4.79 Å². The van der Waals surface area contributed by atoms with Crippen molar-refractivity contribution >= 4 is 28.7 Å². The molecule has 0 fully saturated rings. The number of benzene rings is 2. The number of fused-ring (bicyclic) bond motifs is 1. The molecule has 1 amide bonds. The molecule has 33 heavy (non-hydrogen) atoms. The monoisotopic (exact) mass is 464 g/mol. The first-order valence-corrected chi connectivity index (χ1v) is 10.9. The zero-order chi connectivity index (χ0) is 23.8. The largest absolute Gasteiger partial charge is 0.426 e. The van der Waals surface area contributed by atoms with Crippen LogP contribution in [0.4, 0.5) is 0 Å². The summed E-state index contributed by atoms with van der Waals surface area (Å²) in [6, 6.07) is 16.9. The number of nitrogens with one attached hydrogen (secondary N) is 2. The second-order valence-corrected chi connectivity index (χ2v) is 8.87. The van der Waals surface area contributed by atoms with Crippen LogP contribution in [0, 0.1) is 0 Å². The summed E-state index contributed by atoms with van der Waals surface area (Å²) in [4.78, 5) is 23.6. The van der Waals surface area contributed by atoms with E-state index in [1.54, 1.807) is 13.0 Å². The fourth-order valence-electron chi connectivity index (χ4n) is 3.63. The molecule has 2 aromatic heterocycles. The molecular formula is C25H25ClN4O3. The number of H-pyrrole nitrogens is 1. The van der Waals surface area contributed by atoms with E-state index in [0.717, 1.165) is 16.7 Å². The minimum Gasteiger partial charge on any atom is -0.426 e. The van der Waals surface area contributed by atoms with Gasteiger partial charge in [-0.1, -0.05) is 48.0 Å². The fraction of sp³-hybridized carbons (Fsp3) is 0.240. The summed E-state index contributed by atoms with van der Waals surface area (Å²) in [5, 5.41) is 13.1. The molecule has 2 aromatic carbocycles. The first-order valence-electron chi connectivity index (χ1n) is 10.5. The molecule has 4 rings (SSSR count). The minimum atomic E-state index is -0.540. The molecule has 0 aliphatic rings. The van der Waals surface area contributed by atoms with E-state index in [0.29, 0.717) is 33.6 Å². The summed E-state index contributed by atoms with van der Waals surface area (Å²) in [5.41, 5.74) is 3.84. The standard InChI is InChI=1S/C25H25ClN4O3/c1-14(31)16-5-7-17(8-6-16)22-20(26)13-21-23(28-22)29-24(27-21)33-19-11-9-18(10-12-19)25(3,4)30-15(2)32/h5-14,31H,1-4H3,(H,30,32)(H,27,28,29). The van der Waals surface area contributed by atoms with Gasteiger partial charge in [0.15, 0.2) is 5.65 Å².